The molecule has 0 aliphatic rings. The van der Waals surface area contributed by atoms with Gasteiger partial charge in [0.05, 0.1) is 6.61 Å². The first-order chi connectivity index (χ1) is 9.00. The summed E-state index contributed by atoms with van der Waals surface area (Å²) in [6.07, 6.45) is 5.18. The minimum Gasteiger partial charge on any atom is -0.364 e. The van der Waals surface area contributed by atoms with E-state index in [1.165, 1.54) is 16.3 Å². The zero-order valence-corrected chi connectivity index (χ0v) is 11.9. The lowest BCUT2D eigenvalue weighted by molar-refractivity contribution is 0.153. The van der Waals surface area contributed by atoms with Crippen LogP contribution in [-0.2, 0) is 16.8 Å². The molecule has 0 aromatic heterocycles. The number of rotatable bonds is 3. The maximum atomic E-state index is 5.38. The highest BCUT2D eigenvalue weighted by atomic mass is 16.5. The number of fused-ring (bicyclic) bond motifs is 1. The SMILES string of the molecule is C#CCOCc1ccc2ccc(C(C)(C)C)cc2c1. The highest BCUT2D eigenvalue weighted by Crippen LogP contribution is 2.26. The number of ether oxygens (including phenoxy) is 1. The molecule has 0 saturated heterocycles. The summed E-state index contributed by atoms with van der Waals surface area (Å²) in [5.41, 5.74) is 2.68. The van der Waals surface area contributed by atoms with E-state index in [9.17, 15) is 0 Å². The van der Waals surface area contributed by atoms with E-state index < -0.39 is 0 Å². The van der Waals surface area contributed by atoms with Gasteiger partial charge in [-0.05, 0) is 33.4 Å². The van der Waals surface area contributed by atoms with Crippen LogP contribution in [0.3, 0.4) is 0 Å². The predicted octanol–water partition coefficient (Wildman–Crippen LogP) is 4.29. The number of terminal acetylenes is 1. The van der Waals surface area contributed by atoms with Gasteiger partial charge in [0.25, 0.3) is 0 Å². The summed E-state index contributed by atoms with van der Waals surface area (Å²) in [4.78, 5) is 0. The Balaban J connectivity index is 2.32. The van der Waals surface area contributed by atoms with Crippen molar-refractivity contribution in [3.05, 3.63) is 47.5 Å². The molecule has 0 aliphatic heterocycles. The summed E-state index contributed by atoms with van der Waals surface area (Å²) in [6, 6.07) is 13.1. The molecule has 0 aliphatic carbocycles. The lowest BCUT2D eigenvalue weighted by Gasteiger charge is -2.19. The van der Waals surface area contributed by atoms with Gasteiger partial charge >= 0.3 is 0 Å². The number of benzene rings is 2. The van der Waals surface area contributed by atoms with Gasteiger partial charge in [-0.3, -0.25) is 0 Å². The van der Waals surface area contributed by atoms with E-state index in [0.717, 1.165) is 5.56 Å². The molecule has 1 nitrogen and oxygen atoms in total. The van der Waals surface area contributed by atoms with Crippen molar-refractivity contribution in [2.75, 3.05) is 6.61 Å². The van der Waals surface area contributed by atoms with Crippen LogP contribution in [0, 0.1) is 12.3 Å². The Morgan fingerprint density at radius 2 is 1.79 bits per heavy atom. The van der Waals surface area contributed by atoms with E-state index in [0.29, 0.717) is 13.2 Å². The molecule has 98 valence electrons. The van der Waals surface area contributed by atoms with Crippen LogP contribution in [0.25, 0.3) is 10.8 Å². The maximum Gasteiger partial charge on any atom is 0.107 e. The molecule has 1 heteroatoms. The molecule has 0 radical (unpaired) electrons. The van der Waals surface area contributed by atoms with Gasteiger partial charge in [-0.2, -0.15) is 0 Å². The quantitative estimate of drug-likeness (QED) is 0.585. The van der Waals surface area contributed by atoms with Gasteiger partial charge in [-0.1, -0.05) is 57.0 Å². The second-order valence-corrected chi connectivity index (χ2v) is 5.84. The fourth-order valence-electron chi connectivity index (χ4n) is 2.08. The molecule has 0 bridgehead atoms. The van der Waals surface area contributed by atoms with Crippen LogP contribution in [0.4, 0.5) is 0 Å². The fourth-order valence-corrected chi connectivity index (χ4v) is 2.08. The second kappa shape index (κ2) is 5.47. The Bertz CT molecular complexity index is 612. The van der Waals surface area contributed by atoms with E-state index >= 15 is 0 Å². The number of hydrogen-bond acceptors (Lipinski definition) is 1. The molecule has 0 spiro atoms. The first-order valence-corrected chi connectivity index (χ1v) is 6.55. The van der Waals surface area contributed by atoms with Crippen molar-refractivity contribution >= 4 is 10.8 Å². The van der Waals surface area contributed by atoms with Crippen LogP contribution < -0.4 is 0 Å². The lowest BCUT2D eigenvalue weighted by atomic mass is 9.86. The minimum absolute atomic E-state index is 0.171. The molecule has 0 amide bonds. The predicted molar refractivity (Wildman–Crippen MR) is 81.1 cm³/mol. The van der Waals surface area contributed by atoms with Crippen molar-refractivity contribution in [2.45, 2.75) is 32.8 Å². The van der Waals surface area contributed by atoms with Crippen LogP contribution >= 0.6 is 0 Å². The van der Waals surface area contributed by atoms with E-state index in [2.05, 4.69) is 63.1 Å². The van der Waals surface area contributed by atoms with Crippen molar-refractivity contribution in [1.29, 1.82) is 0 Å². The Morgan fingerprint density at radius 1 is 1.05 bits per heavy atom. The van der Waals surface area contributed by atoms with Gasteiger partial charge in [0.2, 0.25) is 0 Å². The Labute approximate surface area is 115 Å². The topological polar surface area (TPSA) is 9.23 Å². The van der Waals surface area contributed by atoms with Crippen LogP contribution in [0.1, 0.15) is 31.9 Å². The molecule has 2 aromatic rings. The molecule has 2 rings (SSSR count). The molecule has 2 aromatic carbocycles. The average molecular weight is 252 g/mol. The average Bonchev–Trinajstić information content (AvgIpc) is 2.37. The summed E-state index contributed by atoms with van der Waals surface area (Å²) in [5, 5.41) is 2.52. The highest BCUT2D eigenvalue weighted by Gasteiger charge is 2.13. The van der Waals surface area contributed by atoms with E-state index in [4.69, 9.17) is 11.2 Å². The van der Waals surface area contributed by atoms with Gasteiger partial charge in [-0.15, -0.1) is 6.42 Å². The van der Waals surface area contributed by atoms with Crippen molar-refractivity contribution in [2.24, 2.45) is 0 Å². The van der Waals surface area contributed by atoms with Gasteiger partial charge in [0.15, 0.2) is 0 Å². The standard InChI is InChI=1S/C18H20O/c1-5-10-19-13-14-6-7-15-8-9-17(18(2,3)4)12-16(15)11-14/h1,6-9,11-12H,10,13H2,2-4H3. The van der Waals surface area contributed by atoms with Gasteiger partial charge < -0.3 is 4.74 Å². The van der Waals surface area contributed by atoms with E-state index in [1.54, 1.807) is 0 Å². The van der Waals surface area contributed by atoms with Crippen molar-refractivity contribution < 1.29 is 4.74 Å². The summed E-state index contributed by atoms with van der Waals surface area (Å²) < 4.78 is 5.38. The van der Waals surface area contributed by atoms with Gasteiger partial charge in [0.1, 0.15) is 6.61 Å². The zero-order valence-electron chi connectivity index (χ0n) is 11.9. The molecular weight excluding hydrogens is 232 g/mol. The molecule has 0 heterocycles. The summed E-state index contributed by atoms with van der Waals surface area (Å²) in [7, 11) is 0. The van der Waals surface area contributed by atoms with Crippen molar-refractivity contribution in [1.82, 2.24) is 0 Å². The molecule has 0 saturated carbocycles. The largest absolute Gasteiger partial charge is 0.364 e. The van der Waals surface area contributed by atoms with E-state index in [-0.39, 0.29) is 5.41 Å². The molecule has 0 unspecified atom stereocenters. The van der Waals surface area contributed by atoms with Crippen LogP contribution in [-0.4, -0.2) is 6.61 Å². The normalized spacial score (nSPS) is 11.5. The van der Waals surface area contributed by atoms with Gasteiger partial charge in [-0.25, -0.2) is 0 Å². The third-order valence-electron chi connectivity index (χ3n) is 3.22. The Hall–Kier alpha value is -1.78. The Kier molecular flexibility index (Phi) is 3.93. The van der Waals surface area contributed by atoms with Crippen molar-refractivity contribution in [3.63, 3.8) is 0 Å². The summed E-state index contributed by atoms with van der Waals surface area (Å²) in [5.74, 6) is 2.48. The van der Waals surface area contributed by atoms with Crippen molar-refractivity contribution in [3.8, 4) is 12.3 Å². The summed E-state index contributed by atoms with van der Waals surface area (Å²) >= 11 is 0. The fraction of sp³-hybridized carbons (Fsp3) is 0.333. The highest BCUT2D eigenvalue weighted by molar-refractivity contribution is 5.84. The second-order valence-electron chi connectivity index (χ2n) is 5.84. The third kappa shape index (κ3) is 3.36. The third-order valence-corrected chi connectivity index (χ3v) is 3.22. The first-order valence-electron chi connectivity index (χ1n) is 6.55. The minimum atomic E-state index is 0.171. The van der Waals surface area contributed by atoms with E-state index in [1.807, 2.05) is 0 Å². The molecular formula is C18H20O. The van der Waals surface area contributed by atoms with Crippen LogP contribution in [0.2, 0.25) is 0 Å². The molecule has 0 fully saturated rings. The van der Waals surface area contributed by atoms with Crippen LogP contribution in [0.5, 0.6) is 0 Å². The molecule has 0 atom stereocenters. The Morgan fingerprint density at radius 3 is 2.47 bits per heavy atom. The van der Waals surface area contributed by atoms with Crippen LogP contribution in [0.15, 0.2) is 36.4 Å². The molecule has 0 N–H and O–H groups in total. The first kappa shape index (κ1) is 13.6. The lowest BCUT2D eigenvalue weighted by Crippen LogP contribution is -2.10. The smallest absolute Gasteiger partial charge is 0.107 e. The maximum absolute atomic E-state index is 5.38. The monoisotopic (exact) mass is 252 g/mol. The summed E-state index contributed by atoms with van der Waals surface area (Å²) in [6.45, 7) is 7.62. The van der Waals surface area contributed by atoms with Gasteiger partial charge in [0, 0.05) is 0 Å². The number of hydrogen-bond donors (Lipinski definition) is 0. The molecule has 19 heavy (non-hydrogen) atoms. The zero-order chi connectivity index (χ0) is 13.9.